The highest BCUT2D eigenvalue weighted by Crippen LogP contribution is 2.38. The number of aliphatic hydroxyl groups excluding tert-OH is 2. The number of anilines is 1. The molecule has 0 radical (unpaired) electrons. The van der Waals surface area contributed by atoms with Crippen LogP contribution in [0.4, 0.5) is 5.69 Å². The second-order valence-corrected chi connectivity index (χ2v) is 10.2. The van der Waals surface area contributed by atoms with Crippen LogP contribution in [0.25, 0.3) is 0 Å². The number of amides is 1. The molecule has 0 aromatic heterocycles. The minimum Gasteiger partial charge on any atom is -0.512 e. The second kappa shape index (κ2) is 11.1. The topological polar surface area (TPSA) is 102 Å². The molecular weight excluding hydrogens is 444 g/mol. The Morgan fingerprint density at radius 1 is 1.20 bits per heavy atom. The van der Waals surface area contributed by atoms with E-state index in [1.165, 1.54) is 28.2 Å². The standard InChI is InChI=1S/C28H38N2O5/c1-18(2)9-6-10-19(3)11-8-14-28(4,5)35-17-30-22-15-20(31)16-24(33)26(22)29-25-21(27(30)34)12-7-13-23(25)32/h7,9,11-13,15,24,29,31-33H,6,8,10,14,16-17H2,1-5H3/b19-11+. The predicted molar refractivity (Wildman–Crippen MR) is 138 cm³/mol. The fourth-order valence-electron chi connectivity index (χ4n) is 4.17. The summed E-state index contributed by atoms with van der Waals surface area (Å²) in [5.41, 5.74) is 3.31. The fraction of sp³-hybridized carbons (Fsp3) is 0.464. The van der Waals surface area contributed by atoms with Crippen molar-refractivity contribution in [2.24, 2.45) is 0 Å². The van der Waals surface area contributed by atoms with Crippen LogP contribution in [0.3, 0.4) is 0 Å². The summed E-state index contributed by atoms with van der Waals surface area (Å²) in [6.07, 6.45) is 8.60. The van der Waals surface area contributed by atoms with Crippen LogP contribution in [0.1, 0.15) is 77.1 Å². The molecule has 1 amide bonds. The van der Waals surface area contributed by atoms with Crippen LogP contribution in [-0.4, -0.2) is 44.6 Å². The Balaban J connectivity index is 1.75. The number of carbonyl (C=O) groups excluding carboxylic acids is 1. The maximum absolute atomic E-state index is 13.5. The summed E-state index contributed by atoms with van der Waals surface area (Å²) in [6.45, 7) is 10.3. The average Bonchev–Trinajstić information content (AvgIpc) is 2.87. The van der Waals surface area contributed by atoms with Crippen molar-refractivity contribution in [1.29, 1.82) is 0 Å². The first-order valence-electron chi connectivity index (χ1n) is 12.1. The van der Waals surface area contributed by atoms with Gasteiger partial charge in [0.1, 0.15) is 18.6 Å². The Bertz CT molecular complexity index is 1080. The highest BCUT2D eigenvalue weighted by Gasteiger charge is 2.35. The van der Waals surface area contributed by atoms with Gasteiger partial charge in [-0.1, -0.05) is 29.4 Å². The van der Waals surface area contributed by atoms with Gasteiger partial charge >= 0.3 is 0 Å². The zero-order valence-corrected chi connectivity index (χ0v) is 21.4. The highest BCUT2D eigenvalue weighted by atomic mass is 16.5. The monoisotopic (exact) mass is 482 g/mol. The third kappa shape index (κ3) is 6.77. The molecule has 4 N–H and O–H groups in total. The first-order chi connectivity index (χ1) is 16.5. The van der Waals surface area contributed by atoms with Crippen molar-refractivity contribution in [1.82, 2.24) is 4.90 Å². The Labute approximate surface area is 208 Å². The van der Waals surface area contributed by atoms with Crippen LogP contribution in [0, 0.1) is 0 Å². The summed E-state index contributed by atoms with van der Waals surface area (Å²) >= 11 is 0. The van der Waals surface area contributed by atoms with E-state index in [0.717, 1.165) is 25.7 Å². The van der Waals surface area contributed by atoms with Gasteiger partial charge in [-0.2, -0.15) is 0 Å². The number of carbonyl (C=O) groups is 1. The molecule has 0 saturated heterocycles. The number of rotatable bonds is 9. The van der Waals surface area contributed by atoms with Crippen LogP contribution in [-0.2, 0) is 4.74 Å². The van der Waals surface area contributed by atoms with Gasteiger partial charge in [0, 0.05) is 12.5 Å². The van der Waals surface area contributed by atoms with Crippen molar-refractivity contribution in [3.8, 4) is 5.75 Å². The third-order valence-electron chi connectivity index (χ3n) is 6.30. The molecule has 0 fully saturated rings. The number of hydrogen-bond donors (Lipinski definition) is 4. The van der Waals surface area contributed by atoms with Crippen LogP contribution in [0.15, 0.2) is 64.7 Å². The molecule has 0 spiro atoms. The predicted octanol–water partition coefficient (Wildman–Crippen LogP) is 5.90. The van der Waals surface area contributed by atoms with Crippen molar-refractivity contribution in [2.75, 3.05) is 12.0 Å². The SMILES string of the molecule is CC(C)=CCC/C(C)=C/CCC(C)(C)OCN1C(=O)c2cccc(O)c2NC2=C1C=C(O)CC2O. The maximum atomic E-state index is 13.5. The minimum absolute atomic E-state index is 0.0163. The van der Waals surface area contributed by atoms with E-state index in [9.17, 15) is 20.1 Å². The van der Waals surface area contributed by atoms with Crippen LogP contribution in [0.5, 0.6) is 5.75 Å². The lowest BCUT2D eigenvalue weighted by molar-refractivity contribution is -0.0602. The number of hydrogen-bond acceptors (Lipinski definition) is 6. The average molecular weight is 483 g/mol. The number of fused-ring (bicyclic) bond motifs is 1. The number of nitrogens with zero attached hydrogens (tertiary/aromatic N) is 1. The first kappa shape index (κ1) is 26.6. The van der Waals surface area contributed by atoms with Gasteiger partial charge in [-0.15, -0.1) is 0 Å². The van der Waals surface area contributed by atoms with Gasteiger partial charge in [-0.25, -0.2) is 0 Å². The number of phenols is 1. The molecule has 0 bridgehead atoms. The van der Waals surface area contributed by atoms with Crippen molar-refractivity contribution < 1.29 is 24.9 Å². The Morgan fingerprint density at radius 2 is 1.94 bits per heavy atom. The Morgan fingerprint density at radius 3 is 2.66 bits per heavy atom. The second-order valence-electron chi connectivity index (χ2n) is 10.2. The fourth-order valence-corrected chi connectivity index (χ4v) is 4.17. The molecule has 7 nitrogen and oxygen atoms in total. The molecule has 1 aromatic rings. The molecule has 190 valence electrons. The number of aliphatic hydroxyl groups is 2. The maximum Gasteiger partial charge on any atom is 0.262 e. The van der Waals surface area contributed by atoms with E-state index in [0.29, 0.717) is 11.4 Å². The minimum atomic E-state index is -1.05. The van der Waals surface area contributed by atoms with Crippen molar-refractivity contribution in [3.05, 3.63) is 70.3 Å². The molecule has 1 aliphatic heterocycles. The third-order valence-corrected chi connectivity index (χ3v) is 6.30. The van der Waals surface area contributed by atoms with Gasteiger partial charge in [0.05, 0.1) is 34.0 Å². The van der Waals surface area contributed by atoms with Crippen molar-refractivity contribution >= 4 is 11.6 Å². The van der Waals surface area contributed by atoms with Gasteiger partial charge in [-0.3, -0.25) is 9.69 Å². The molecule has 7 heteroatoms. The van der Waals surface area contributed by atoms with E-state index in [1.54, 1.807) is 12.1 Å². The number of aromatic hydroxyl groups is 1. The Kier molecular flexibility index (Phi) is 8.46. The largest absolute Gasteiger partial charge is 0.512 e. The van der Waals surface area contributed by atoms with Gasteiger partial charge < -0.3 is 25.4 Å². The van der Waals surface area contributed by atoms with Crippen molar-refractivity contribution in [2.45, 2.75) is 78.4 Å². The number of para-hydroxylation sites is 1. The van der Waals surface area contributed by atoms with E-state index in [4.69, 9.17) is 4.74 Å². The number of allylic oxidation sites excluding steroid dienone is 5. The van der Waals surface area contributed by atoms with Crippen molar-refractivity contribution in [3.63, 3.8) is 0 Å². The van der Waals surface area contributed by atoms with E-state index in [-0.39, 0.29) is 35.9 Å². The molecule has 35 heavy (non-hydrogen) atoms. The molecule has 1 aromatic carbocycles. The van der Waals surface area contributed by atoms with Gasteiger partial charge in [-0.05, 0) is 72.4 Å². The van der Waals surface area contributed by atoms with Crippen LogP contribution < -0.4 is 5.32 Å². The molecule has 3 rings (SSSR count). The summed E-state index contributed by atoms with van der Waals surface area (Å²) < 4.78 is 6.20. The number of ether oxygens (including phenoxy) is 1. The zero-order chi connectivity index (χ0) is 25.8. The smallest absolute Gasteiger partial charge is 0.262 e. The number of phenolic OH excluding ortho intramolecular Hbond substituents is 1. The molecule has 2 aliphatic rings. The van der Waals surface area contributed by atoms with Gasteiger partial charge in [0.15, 0.2) is 0 Å². The van der Waals surface area contributed by atoms with Crippen LogP contribution in [0.2, 0.25) is 0 Å². The van der Waals surface area contributed by atoms with E-state index < -0.39 is 17.6 Å². The summed E-state index contributed by atoms with van der Waals surface area (Å²) in [7, 11) is 0. The zero-order valence-electron chi connectivity index (χ0n) is 21.4. The highest BCUT2D eigenvalue weighted by molar-refractivity contribution is 6.03. The van der Waals surface area contributed by atoms with Crippen LogP contribution >= 0.6 is 0 Å². The van der Waals surface area contributed by atoms with E-state index in [2.05, 4.69) is 38.2 Å². The van der Waals surface area contributed by atoms with Gasteiger partial charge in [0.2, 0.25) is 0 Å². The van der Waals surface area contributed by atoms with E-state index in [1.807, 2.05) is 13.8 Å². The molecule has 1 heterocycles. The summed E-state index contributed by atoms with van der Waals surface area (Å²) in [4.78, 5) is 14.9. The normalized spacial score (nSPS) is 18.4. The molecule has 1 aliphatic carbocycles. The summed E-state index contributed by atoms with van der Waals surface area (Å²) in [5.74, 6) is -0.514. The first-order valence-corrected chi connectivity index (χ1v) is 12.1. The molecule has 1 atom stereocenters. The lowest BCUT2D eigenvalue weighted by Gasteiger charge is -2.32. The summed E-state index contributed by atoms with van der Waals surface area (Å²) in [5, 5.41) is 34.2. The number of nitrogens with one attached hydrogen (secondary N) is 1. The molecule has 0 saturated carbocycles. The summed E-state index contributed by atoms with van der Waals surface area (Å²) in [6, 6.07) is 4.68. The quantitative estimate of drug-likeness (QED) is 0.258. The van der Waals surface area contributed by atoms with E-state index >= 15 is 0 Å². The number of benzene rings is 1. The Hall–Kier alpha value is -3.03. The van der Waals surface area contributed by atoms with Gasteiger partial charge in [0.25, 0.3) is 5.91 Å². The molecule has 1 unspecified atom stereocenters. The molecular formula is C28H38N2O5. The lowest BCUT2D eigenvalue weighted by atomic mass is 10.0. The lowest BCUT2D eigenvalue weighted by Crippen LogP contribution is -2.38.